The van der Waals surface area contributed by atoms with Crippen molar-refractivity contribution in [3.05, 3.63) is 29.8 Å². The van der Waals surface area contributed by atoms with E-state index in [1.54, 1.807) is 0 Å². The molecule has 0 saturated carbocycles. The molecule has 2 heterocycles. The lowest BCUT2D eigenvalue weighted by molar-refractivity contribution is 0.473. The summed E-state index contributed by atoms with van der Waals surface area (Å²) in [5.74, 6) is 1.87. The molecule has 0 radical (unpaired) electrons. The van der Waals surface area contributed by atoms with Crippen molar-refractivity contribution in [3.63, 3.8) is 0 Å². The molecule has 0 aliphatic rings. The largest absolute Gasteiger partial charge is 0.460 e. The van der Waals surface area contributed by atoms with E-state index in [1.807, 2.05) is 30.1 Å². The van der Waals surface area contributed by atoms with Crippen molar-refractivity contribution in [2.75, 3.05) is 0 Å². The fraction of sp³-hybridized carbons (Fsp3) is 0.500. The lowest BCUT2D eigenvalue weighted by atomic mass is 10.2. The van der Waals surface area contributed by atoms with E-state index in [0.29, 0.717) is 6.04 Å². The summed E-state index contributed by atoms with van der Waals surface area (Å²) >= 11 is 0. The number of nitrogens with zero attached hydrogens (tertiary/aromatic N) is 2. The summed E-state index contributed by atoms with van der Waals surface area (Å²) in [6.45, 7) is 7.12. The predicted molar refractivity (Wildman–Crippen MR) is 72.3 cm³/mol. The Kier molecular flexibility index (Phi) is 3.87. The van der Waals surface area contributed by atoms with Crippen LogP contribution < -0.4 is 5.32 Å². The molecule has 2 aromatic heterocycles. The topological polar surface area (TPSA) is 43.0 Å². The molecule has 18 heavy (non-hydrogen) atoms. The summed E-state index contributed by atoms with van der Waals surface area (Å²) in [4.78, 5) is 0. The van der Waals surface area contributed by atoms with Crippen molar-refractivity contribution in [1.82, 2.24) is 15.1 Å². The van der Waals surface area contributed by atoms with Crippen molar-refractivity contribution in [1.29, 1.82) is 0 Å². The van der Waals surface area contributed by atoms with E-state index in [1.165, 1.54) is 0 Å². The first-order valence-electron chi connectivity index (χ1n) is 6.45. The van der Waals surface area contributed by atoms with Gasteiger partial charge in [-0.25, -0.2) is 0 Å². The molecule has 4 heteroatoms. The van der Waals surface area contributed by atoms with Gasteiger partial charge in [0, 0.05) is 19.3 Å². The quantitative estimate of drug-likeness (QED) is 0.883. The molecular weight excluding hydrogens is 226 g/mol. The minimum atomic E-state index is 0.461. The number of rotatable bonds is 5. The number of nitrogens with one attached hydrogen (secondary N) is 1. The second kappa shape index (κ2) is 5.40. The van der Waals surface area contributed by atoms with Crippen LogP contribution in [0.4, 0.5) is 0 Å². The van der Waals surface area contributed by atoms with Crippen LogP contribution in [0.1, 0.15) is 32.2 Å². The summed E-state index contributed by atoms with van der Waals surface area (Å²) in [6.07, 6.45) is 2.92. The van der Waals surface area contributed by atoms with Crippen molar-refractivity contribution in [3.8, 4) is 11.3 Å². The third-order valence-electron chi connectivity index (χ3n) is 2.85. The summed E-state index contributed by atoms with van der Waals surface area (Å²) in [5.41, 5.74) is 2.17. The van der Waals surface area contributed by atoms with Gasteiger partial charge in [-0.05, 0) is 18.6 Å². The Balaban J connectivity index is 2.18. The third kappa shape index (κ3) is 2.82. The Morgan fingerprint density at radius 2 is 2.17 bits per heavy atom. The number of hydrogen-bond donors (Lipinski definition) is 1. The van der Waals surface area contributed by atoms with Crippen molar-refractivity contribution in [2.45, 2.75) is 39.8 Å². The van der Waals surface area contributed by atoms with Gasteiger partial charge >= 0.3 is 0 Å². The second-order valence-corrected chi connectivity index (χ2v) is 4.82. The van der Waals surface area contributed by atoms with Crippen LogP contribution >= 0.6 is 0 Å². The minimum Gasteiger partial charge on any atom is -0.460 e. The van der Waals surface area contributed by atoms with Gasteiger partial charge in [0.1, 0.15) is 11.5 Å². The van der Waals surface area contributed by atoms with Gasteiger partial charge in [0.05, 0.1) is 17.8 Å². The lowest BCUT2D eigenvalue weighted by Crippen LogP contribution is -2.21. The number of furan rings is 1. The first-order valence-corrected chi connectivity index (χ1v) is 6.45. The molecule has 2 rings (SSSR count). The highest BCUT2D eigenvalue weighted by Gasteiger charge is 2.12. The van der Waals surface area contributed by atoms with Crippen LogP contribution in [0.3, 0.4) is 0 Å². The molecule has 1 N–H and O–H groups in total. The highest BCUT2D eigenvalue weighted by molar-refractivity contribution is 5.59. The lowest BCUT2D eigenvalue weighted by Gasteiger charge is -2.04. The Morgan fingerprint density at radius 3 is 2.83 bits per heavy atom. The molecule has 4 nitrogen and oxygen atoms in total. The number of aromatic nitrogens is 2. The average molecular weight is 247 g/mol. The monoisotopic (exact) mass is 247 g/mol. The molecule has 0 aliphatic heterocycles. The molecule has 0 saturated heterocycles. The highest BCUT2D eigenvalue weighted by Crippen LogP contribution is 2.25. The van der Waals surface area contributed by atoms with Crippen LogP contribution in [0.25, 0.3) is 11.3 Å². The van der Waals surface area contributed by atoms with E-state index >= 15 is 0 Å². The van der Waals surface area contributed by atoms with Gasteiger partial charge in [0.2, 0.25) is 0 Å². The first kappa shape index (κ1) is 12.9. The Hall–Kier alpha value is -1.55. The Morgan fingerprint density at radius 1 is 1.39 bits per heavy atom. The molecule has 2 aromatic rings. The number of aryl methyl sites for hydroxylation is 2. The van der Waals surface area contributed by atoms with E-state index in [4.69, 9.17) is 4.42 Å². The van der Waals surface area contributed by atoms with Crippen molar-refractivity contribution < 1.29 is 4.42 Å². The summed E-state index contributed by atoms with van der Waals surface area (Å²) in [7, 11) is 1.94. The maximum atomic E-state index is 5.86. The van der Waals surface area contributed by atoms with Gasteiger partial charge in [0.15, 0.2) is 0 Å². The summed E-state index contributed by atoms with van der Waals surface area (Å²) < 4.78 is 7.70. The molecule has 0 aliphatic carbocycles. The Labute approximate surface area is 108 Å². The van der Waals surface area contributed by atoms with Crippen LogP contribution in [-0.2, 0) is 20.0 Å². The minimum absolute atomic E-state index is 0.461. The SMILES string of the molecule is CCc1nn(C)cc1-c1ccc(CNC(C)C)o1. The van der Waals surface area contributed by atoms with Gasteiger partial charge in [0.25, 0.3) is 0 Å². The molecule has 0 aromatic carbocycles. The zero-order chi connectivity index (χ0) is 13.1. The third-order valence-corrected chi connectivity index (χ3v) is 2.85. The van der Waals surface area contributed by atoms with Crippen molar-refractivity contribution >= 4 is 0 Å². The van der Waals surface area contributed by atoms with Crippen LogP contribution in [-0.4, -0.2) is 15.8 Å². The number of hydrogen-bond acceptors (Lipinski definition) is 3. The van der Waals surface area contributed by atoms with Gasteiger partial charge < -0.3 is 9.73 Å². The standard InChI is InChI=1S/C14H21N3O/c1-5-13-12(9-17(4)16-13)14-7-6-11(18-14)8-15-10(2)3/h6-7,9-10,15H,5,8H2,1-4H3. The van der Waals surface area contributed by atoms with Crippen LogP contribution in [0.2, 0.25) is 0 Å². The zero-order valence-electron chi connectivity index (χ0n) is 11.5. The summed E-state index contributed by atoms with van der Waals surface area (Å²) in [5, 5.41) is 7.78. The predicted octanol–water partition coefficient (Wildman–Crippen LogP) is 2.74. The van der Waals surface area contributed by atoms with E-state index in [2.05, 4.69) is 31.2 Å². The average Bonchev–Trinajstić information content (AvgIpc) is 2.92. The Bertz CT molecular complexity index is 511. The molecule has 0 spiro atoms. The zero-order valence-corrected chi connectivity index (χ0v) is 11.5. The van der Waals surface area contributed by atoms with E-state index in [-0.39, 0.29) is 0 Å². The molecule has 0 unspecified atom stereocenters. The van der Waals surface area contributed by atoms with Crippen LogP contribution in [0.5, 0.6) is 0 Å². The van der Waals surface area contributed by atoms with Gasteiger partial charge in [-0.3, -0.25) is 4.68 Å². The van der Waals surface area contributed by atoms with E-state index in [9.17, 15) is 0 Å². The smallest absolute Gasteiger partial charge is 0.137 e. The molecule has 0 bridgehead atoms. The molecule has 0 fully saturated rings. The fourth-order valence-electron chi connectivity index (χ4n) is 1.92. The van der Waals surface area contributed by atoms with Crippen LogP contribution in [0, 0.1) is 0 Å². The molecule has 0 amide bonds. The maximum absolute atomic E-state index is 5.86. The van der Waals surface area contributed by atoms with Gasteiger partial charge in [-0.2, -0.15) is 5.10 Å². The van der Waals surface area contributed by atoms with Gasteiger partial charge in [-0.15, -0.1) is 0 Å². The van der Waals surface area contributed by atoms with Crippen molar-refractivity contribution in [2.24, 2.45) is 7.05 Å². The van der Waals surface area contributed by atoms with Crippen LogP contribution in [0.15, 0.2) is 22.7 Å². The summed E-state index contributed by atoms with van der Waals surface area (Å²) in [6, 6.07) is 4.51. The normalized spacial score (nSPS) is 11.4. The fourth-order valence-corrected chi connectivity index (χ4v) is 1.92. The van der Waals surface area contributed by atoms with Gasteiger partial charge in [-0.1, -0.05) is 20.8 Å². The second-order valence-electron chi connectivity index (χ2n) is 4.82. The van der Waals surface area contributed by atoms with E-state index in [0.717, 1.165) is 35.7 Å². The molecule has 98 valence electrons. The highest BCUT2D eigenvalue weighted by atomic mass is 16.3. The maximum Gasteiger partial charge on any atom is 0.137 e. The van der Waals surface area contributed by atoms with E-state index < -0.39 is 0 Å². The molecular formula is C14H21N3O. The molecule has 0 atom stereocenters. The first-order chi connectivity index (χ1) is 8.60.